The van der Waals surface area contributed by atoms with Gasteiger partial charge in [0.15, 0.2) is 0 Å². The van der Waals surface area contributed by atoms with Crippen LogP contribution in [0.1, 0.15) is 62.5 Å². The standard InChI is InChI=1S/C10H22/c1-5-9-10(6-2,7-3)8-4/h5-9H2,1-4H3/i5D2. The molecule has 0 fully saturated rings. The van der Waals surface area contributed by atoms with Crippen molar-refractivity contribution in [2.75, 3.05) is 0 Å². The van der Waals surface area contributed by atoms with E-state index in [9.17, 15) is 0 Å². The van der Waals surface area contributed by atoms with Crippen molar-refractivity contribution in [2.45, 2.75) is 59.8 Å². The molecule has 0 atom stereocenters. The molecule has 0 spiro atoms. The first-order valence-corrected chi connectivity index (χ1v) is 4.39. The molecule has 0 aliphatic carbocycles. The van der Waals surface area contributed by atoms with Crippen LogP contribution in [-0.2, 0) is 0 Å². The lowest BCUT2D eigenvalue weighted by Crippen LogP contribution is -2.16. The second-order valence-corrected chi connectivity index (χ2v) is 3.09. The van der Waals surface area contributed by atoms with Crippen molar-refractivity contribution in [3.05, 3.63) is 0 Å². The Balaban J connectivity index is 4.30. The zero-order valence-corrected chi connectivity index (χ0v) is 7.83. The summed E-state index contributed by atoms with van der Waals surface area (Å²) in [7, 11) is 0. The first kappa shape index (κ1) is 6.69. The molecule has 0 aliphatic rings. The third kappa shape index (κ3) is 2.32. The zero-order chi connectivity index (χ0) is 9.83. The molecule has 0 heteroatoms. The van der Waals surface area contributed by atoms with Crippen LogP contribution in [0.3, 0.4) is 0 Å². The molecule has 0 N–H and O–H groups in total. The highest BCUT2D eigenvalue weighted by Crippen LogP contribution is 2.34. The van der Waals surface area contributed by atoms with Gasteiger partial charge in [-0.1, -0.05) is 53.3 Å². The van der Waals surface area contributed by atoms with Gasteiger partial charge in [-0.25, -0.2) is 0 Å². The van der Waals surface area contributed by atoms with Crippen LogP contribution in [0.4, 0.5) is 0 Å². The summed E-state index contributed by atoms with van der Waals surface area (Å²) in [6, 6.07) is 0. The summed E-state index contributed by atoms with van der Waals surface area (Å²) < 4.78 is 15.1. The molecule has 0 saturated carbocycles. The molecule has 0 rings (SSSR count). The molecule has 0 aromatic rings. The number of hydrogen-bond acceptors (Lipinski definition) is 0. The molecule has 62 valence electrons. The van der Waals surface area contributed by atoms with Crippen LogP contribution in [0, 0.1) is 5.41 Å². The normalized spacial score (nSPS) is 16.4. The second kappa shape index (κ2) is 4.76. The molecule has 10 heavy (non-hydrogen) atoms. The maximum Gasteiger partial charge on any atom is 0.0264 e. The van der Waals surface area contributed by atoms with Crippen LogP contribution in [0.15, 0.2) is 0 Å². The minimum atomic E-state index is -1.01. The third-order valence-electron chi connectivity index (χ3n) is 2.80. The highest BCUT2D eigenvalue weighted by molar-refractivity contribution is 4.73. The fourth-order valence-corrected chi connectivity index (χ4v) is 1.50. The van der Waals surface area contributed by atoms with Gasteiger partial charge in [0.2, 0.25) is 0 Å². The lowest BCUT2D eigenvalue weighted by atomic mass is 9.76. The quantitative estimate of drug-likeness (QED) is 0.547. The van der Waals surface area contributed by atoms with E-state index in [0.717, 1.165) is 19.3 Å². The fraction of sp³-hybridized carbons (Fsp3) is 1.00. The lowest BCUT2D eigenvalue weighted by Gasteiger charge is -2.29. The Morgan fingerprint density at radius 3 is 1.50 bits per heavy atom. The van der Waals surface area contributed by atoms with Crippen molar-refractivity contribution in [1.82, 2.24) is 0 Å². The monoisotopic (exact) mass is 144 g/mol. The van der Waals surface area contributed by atoms with Gasteiger partial charge in [-0.05, 0) is 11.8 Å². The van der Waals surface area contributed by atoms with E-state index in [1.165, 1.54) is 0 Å². The molecule has 0 bridgehead atoms. The van der Waals surface area contributed by atoms with Gasteiger partial charge < -0.3 is 0 Å². The first-order chi connectivity index (χ1) is 5.39. The molecule has 0 amide bonds. The van der Waals surface area contributed by atoms with Crippen molar-refractivity contribution < 1.29 is 2.74 Å². The minimum Gasteiger partial charge on any atom is -0.0654 e. The number of hydrogen-bond donors (Lipinski definition) is 0. The van der Waals surface area contributed by atoms with E-state index in [1.807, 2.05) is 0 Å². The smallest absolute Gasteiger partial charge is 0.0264 e. The molecule has 0 aromatic carbocycles. The Hall–Kier alpha value is 0. The van der Waals surface area contributed by atoms with Crippen LogP contribution in [-0.4, -0.2) is 0 Å². The highest BCUT2D eigenvalue weighted by atomic mass is 14.3. The molecule has 0 radical (unpaired) electrons. The zero-order valence-electron chi connectivity index (χ0n) is 9.83. The Bertz CT molecular complexity index is 112. The average molecular weight is 144 g/mol. The van der Waals surface area contributed by atoms with Gasteiger partial charge in [-0.15, -0.1) is 0 Å². The summed E-state index contributed by atoms with van der Waals surface area (Å²) >= 11 is 0. The summed E-state index contributed by atoms with van der Waals surface area (Å²) in [5.74, 6) is 0. The van der Waals surface area contributed by atoms with E-state index in [2.05, 4.69) is 20.8 Å². The summed E-state index contributed by atoms with van der Waals surface area (Å²) in [6.07, 6.45) is 2.96. The van der Waals surface area contributed by atoms with Gasteiger partial charge in [0.25, 0.3) is 0 Å². The van der Waals surface area contributed by atoms with Crippen LogP contribution >= 0.6 is 0 Å². The molecule has 0 aliphatic heterocycles. The average Bonchev–Trinajstić information content (AvgIpc) is 1.99. The van der Waals surface area contributed by atoms with Gasteiger partial charge in [-0.2, -0.15) is 0 Å². The van der Waals surface area contributed by atoms with Gasteiger partial charge in [-0.3, -0.25) is 0 Å². The Labute approximate surface area is 68.8 Å². The topological polar surface area (TPSA) is 0 Å². The highest BCUT2D eigenvalue weighted by Gasteiger charge is 2.21. The summed E-state index contributed by atoms with van der Waals surface area (Å²) in [6.45, 7) is 8.18. The third-order valence-corrected chi connectivity index (χ3v) is 2.80. The van der Waals surface area contributed by atoms with Gasteiger partial charge in [0, 0.05) is 2.74 Å². The first-order valence-electron chi connectivity index (χ1n) is 5.39. The van der Waals surface area contributed by atoms with Crippen LogP contribution < -0.4 is 0 Å². The van der Waals surface area contributed by atoms with Gasteiger partial charge >= 0.3 is 0 Å². The maximum atomic E-state index is 7.56. The molecule has 0 nitrogen and oxygen atoms in total. The van der Waals surface area contributed by atoms with Crippen LogP contribution in [0.5, 0.6) is 0 Å². The Kier molecular flexibility index (Phi) is 3.19. The van der Waals surface area contributed by atoms with Crippen molar-refractivity contribution in [3.8, 4) is 0 Å². The minimum absolute atomic E-state index is 0.234. The summed E-state index contributed by atoms with van der Waals surface area (Å²) in [4.78, 5) is 0. The Morgan fingerprint density at radius 1 is 1.00 bits per heavy atom. The van der Waals surface area contributed by atoms with E-state index in [0.29, 0.717) is 6.42 Å². The molecule has 0 aromatic heterocycles. The molecular formula is C10H22. The predicted octanol–water partition coefficient (Wildman–Crippen LogP) is 4.00. The van der Waals surface area contributed by atoms with E-state index in [1.54, 1.807) is 6.92 Å². The fourth-order valence-electron chi connectivity index (χ4n) is 1.50. The van der Waals surface area contributed by atoms with E-state index in [4.69, 9.17) is 2.74 Å². The second-order valence-electron chi connectivity index (χ2n) is 3.09. The lowest BCUT2D eigenvalue weighted by molar-refractivity contribution is 0.226. The van der Waals surface area contributed by atoms with E-state index in [-0.39, 0.29) is 5.41 Å². The predicted molar refractivity (Wildman–Crippen MR) is 48.2 cm³/mol. The van der Waals surface area contributed by atoms with Crippen LogP contribution in [0.25, 0.3) is 0 Å². The summed E-state index contributed by atoms with van der Waals surface area (Å²) in [5.41, 5.74) is 0.234. The molecule has 0 unspecified atom stereocenters. The van der Waals surface area contributed by atoms with E-state index < -0.39 is 6.37 Å². The molecule has 0 heterocycles. The summed E-state index contributed by atoms with van der Waals surface area (Å²) in [5, 5.41) is 0. The van der Waals surface area contributed by atoms with Crippen molar-refractivity contribution in [3.63, 3.8) is 0 Å². The number of rotatable bonds is 5. The molecular weight excluding hydrogens is 120 g/mol. The van der Waals surface area contributed by atoms with E-state index >= 15 is 0 Å². The molecule has 0 saturated heterocycles. The SMILES string of the molecule is [2H]C([2H])(C)CC(CC)(CC)CC. The van der Waals surface area contributed by atoms with Gasteiger partial charge in [0.1, 0.15) is 0 Å². The van der Waals surface area contributed by atoms with Crippen molar-refractivity contribution >= 4 is 0 Å². The van der Waals surface area contributed by atoms with Crippen molar-refractivity contribution in [2.24, 2.45) is 5.41 Å². The Morgan fingerprint density at radius 2 is 1.40 bits per heavy atom. The largest absolute Gasteiger partial charge is 0.0654 e. The van der Waals surface area contributed by atoms with Crippen molar-refractivity contribution in [1.29, 1.82) is 0 Å². The van der Waals surface area contributed by atoms with Gasteiger partial charge in [0.05, 0.1) is 0 Å². The maximum absolute atomic E-state index is 7.56. The van der Waals surface area contributed by atoms with Crippen LogP contribution in [0.2, 0.25) is 0 Å².